The molecule has 0 aliphatic heterocycles. The van der Waals surface area contributed by atoms with Crippen LogP contribution in [0.1, 0.15) is 0 Å². The van der Waals surface area contributed by atoms with Crippen LogP contribution in [0.2, 0.25) is 0 Å². The fourth-order valence-corrected chi connectivity index (χ4v) is 13.3. The summed E-state index contributed by atoms with van der Waals surface area (Å²) in [5.74, 6) is 0. The summed E-state index contributed by atoms with van der Waals surface area (Å²) in [5.41, 5.74) is 18.4. The first-order valence-electron chi connectivity index (χ1n) is 26.0. The van der Waals surface area contributed by atoms with Gasteiger partial charge in [-0.2, -0.15) is 0 Å². The summed E-state index contributed by atoms with van der Waals surface area (Å²) >= 11 is 1.90. The molecule has 0 radical (unpaired) electrons. The summed E-state index contributed by atoms with van der Waals surface area (Å²) in [7, 11) is 0. The van der Waals surface area contributed by atoms with Gasteiger partial charge in [0.05, 0.1) is 0 Å². The van der Waals surface area contributed by atoms with Crippen molar-refractivity contribution < 1.29 is 0 Å². The first-order valence-corrected chi connectivity index (χ1v) is 26.8. The van der Waals surface area contributed by atoms with Crippen molar-refractivity contribution in [2.45, 2.75) is 0 Å². The highest BCUT2D eigenvalue weighted by atomic mass is 32.1. The van der Waals surface area contributed by atoms with Crippen LogP contribution in [0.15, 0.2) is 268 Å². The summed E-state index contributed by atoms with van der Waals surface area (Å²) in [6, 6.07) is 80.3. The van der Waals surface area contributed by atoms with Crippen molar-refractivity contribution in [3.63, 3.8) is 0 Å². The molecule has 5 aromatic heterocycles. The third-order valence-corrected chi connectivity index (χ3v) is 16.6. The molecule has 5 heterocycles. The van der Waals surface area contributed by atoms with Crippen molar-refractivity contribution in [1.82, 2.24) is 19.9 Å². The summed E-state index contributed by atoms with van der Waals surface area (Å²) in [6.07, 6.45) is 15.1. The monoisotopic (exact) mass is 996 g/mol. The first-order chi connectivity index (χ1) is 38.2. The molecule has 0 N–H and O–H groups in total. The van der Waals surface area contributed by atoms with Gasteiger partial charge in [0, 0.05) is 97.6 Å². The lowest BCUT2D eigenvalue weighted by atomic mass is 9.83. The van der Waals surface area contributed by atoms with Gasteiger partial charge in [0.1, 0.15) is 0 Å². The van der Waals surface area contributed by atoms with Crippen LogP contribution in [-0.4, -0.2) is 19.9 Å². The lowest BCUT2D eigenvalue weighted by molar-refractivity contribution is 1.32. The molecule has 0 fully saturated rings. The van der Waals surface area contributed by atoms with E-state index in [-0.39, 0.29) is 0 Å². The van der Waals surface area contributed by atoms with Gasteiger partial charge >= 0.3 is 0 Å². The Morgan fingerprint density at radius 1 is 0.234 bits per heavy atom. The van der Waals surface area contributed by atoms with Crippen molar-refractivity contribution in [1.29, 1.82) is 0 Å². The smallest absolute Gasteiger partial charge is 0.0434 e. The van der Waals surface area contributed by atoms with E-state index in [1.807, 2.05) is 85.2 Å². The molecule has 0 spiro atoms. The minimum atomic E-state index is 1.07. The van der Waals surface area contributed by atoms with Gasteiger partial charge in [-0.1, -0.05) is 152 Å². The van der Waals surface area contributed by atoms with E-state index in [1.165, 1.54) is 96.6 Å². The van der Waals surface area contributed by atoms with Crippen molar-refractivity contribution in [2.75, 3.05) is 0 Å². The lowest BCUT2D eigenvalue weighted by Crippen LogP contribution is -1.93. The minimum absolute atomic E-state index is 1.07. The molecule has 15 rings (SSSR count). The van der Waals surface area contributed by atoms with Gasteiger partial charge < -0.3 is 0 Å². The number of aromatic nitrogens is 4. The molecule has 0 aliphatic rings. The second kappa shape index (κ2) is 18.5. The predicted molar refractivity (Wildman–Crippen MR) is 324 cm³/mol. The van der Waals surface area contributed by atoms with Crippen molar-refractivity contribution in [3.05, 3.63) is 268 Å². The first kappa shape index (κ1) is 44.5. The van der Waals surface area contributed by atoms with Crippen LogP contribution in [0.4, 0.5) is 0 Å². The Kier molecular flexibility index (Phi) is 10.7. The third kappa shape index (κ3) is 7.50. The lowest BCUT2D eigenvalue weighted by Gasteiger charge is -2.20. The maximum atomic E-state index is 4.52. The molecule has 0 saturated heterocycles. The van der Waals surface area contributed by atoms with E-state index in [0.29, 0.717) is 0 Å². The molecule has 0 saturated carbocycles. The zero-order chi connectivity index (χ0) is 50.8. The summed E-state index contributed by atoms with van der Waals surface area (Å²) < 4.78 is 2.53. The number of benzene rings is 10. The van der Waals surface area contributed by atoms with Crippen LogP contribution >= 0.6 is 11.3 Å². The fourth-order valence-electron chi connectivity index (χ4n) is 12.1. The van der Waals surface area contributed by atoms with Gasteiger partial charge in [-0.05, 0) is 171 Å². The standard InChI is InChI=1S/C72H44N4S/c1-5-23-59-55(19-1)67(53-37-49(45-15-11-31-73-41-45)35-50(38-53)46-16-12-32-74-42-46)56-20-2-6-24-60(56)69(59)63-27-10-30-66-71(63)65-29-9-28-64(72(65)77-66)70-61-25-7-3-21-57(61)68(58-22-4-8-26-62(58)70)54-39-51(47-17-13-33-75-43-47)36-52(40-54)48-18-14-34-76-44-48/h1-44H. The number of nitrogens with zero attached hydrogens (tertiary/aromatic N) is 4. The normalized spacial score (nSPS) is 11.6. The van der Waals surface area contributed by atoms with E-state index >= 15 is 0 Å². The summed E-state index contributed by atoms with van der Waals surface area (Å²) in [4.78, 5) is 18.1. The average Bonchev–Trinajstić information content (AvgIpc) is 3.96. The highest BCUT2D eigenvalue weighted by Gasteiger charge is 2.24. The average molecular weight is 997 g/mol. The largest absolute Gasteiger partial charge is 0.264 e. The zero-order valence-corrected chi connectivity index (χ0v) is 42.4. The molecule has 0 amide bonds. The highest BCUT2D eigenvalue weighted by Crippen LogP contribution is 2.52. The molecular weight excluding hydrogens is 953 g/mol. The molecule has 77 heavy (non-hydrogen) atoms. The van der Waals surface area contributed by atoms with Crippen LogP contribution in [-0.2, 0) is 0 Å². The van der Waals surface area contributed by atoms with Gasteiger partial charge in [0.15, 0.2) is 0 Å². The topological polar surface area (TPSA) is 51.6 Å². The number of hydrogen-bond acceptors (Lipinski definition) is 5. The van der Waals surface area contributed by atoms with Crippen LogP contribution in [0.5, 0.6) is 0 Å². The second-order valence-corrected chi connectivity index (χ2v) is 20.8. The van der Waals surface area contributed by atoms with Gasteiger partial charge in [0.25, 0.3) is 0 Å². The molecule has 0 aliphatic carbocycles. The molecule has 0 bridgehead atoms. The number of thiophene rings is 1. The number of fused-ring (bicyclic) bond motifs is 7. The van der Waals surface area contributed by atoms with Crippen LogP contribution in [0.3, 0.4) is 0 Å². The summed E-state index contributed by atoms with van der Waals surface area (Å²) in [5, 5.41) is 12.2. The van der Waals surface area contributed by atoms with E-state index in [4.69, 9.17) is 0 Å². The molecule has 5 heteroatoms. The maximum Gasteiger partial charge on any atom is 0.0434 e. The number of hydrogen-bond donors (Lipinski definition) is 0. The fraction of sp³-hybridized carbons (Fsp3) is 0. The Bertz CT molecular complexity index is 4550. The van der Waals surface area contributed by atoms with Crippen LogP contribution in [0.25, 0.3) is 152 Å². The predicted octanol–water partition coefficient (Wildman–Crippen LogP) is 19.6. The Morgan fingerprint density at radius 2 is 0.545 bits per heavy atom. The molecule has 0 unspecified atom stereocenters. The Hall–Kier alpha value is -9.94. The Morgan fingerprint density at radius 3 is 0.909 bits per heavy atom. The second-order valence-electron chi connectivity index (χ2n) is 19.7. The maximum absolute atomic E-state index is 4.52. The SMILES string of the molecule is c1cncc(-c2cc(-c3cccnc3)cc(-c3c4ccccc4c(-c4cccc5c4sc4cccc(-c6c7ccccc7c(-c7cc(-c8cccnc8)cc(-c8cccnc8)c7)c7ccccc67)c45)c4ccccc34)c2)c1. The minimum Gasteiger partial charge on any atom is -0.264 e. The van der Waals surface area contributed by atoms with E-state index < -0.39 is 0 Å². The van der Waals surface area contributed by atoms with Gasteiger partial charge in [0.2, 0.25) is 0 Å². The van der Waals surface area contributed by atoms with E-state index in [0.717, 1.165) is 55.6 Å². The van der Waals surface area contributed by atoms with Crippen LogP contribution < -0.4 is 0 Å². The number of pyridine rings is 4. The molecular formula is C72H44N4S. The van der Waals surface area contributed by atoms with Crippen LogP contribution in [0, 0.1) is 0 Å². The molecule has 0 atom stereocenters. The molecule has 10 aromatic carbocycles. The van der Waals surface area contributed by atoms with Gasteiger partial charge in [-0.25, -0.2) is 0 Å². The quantitative estimate of drug-likeness (QED) is 0.142. The van der Waals surface area contributed by atoms with Crippen molar-refractivity contribution in [3.8, 4) is 89.0 Å². The highest BCUT2D eigenvalue weighted by molar-refractivity contribution is 7.26. The Labute approximate surface area is 448 Å². The van der Waals surface area contributed by atoms with Gasteiger partial charge in [-0.3, -0.25) is 19.9 Å². The molecule has 15 aromatic rings. The zero-order valence-electron chi connectivity index (χ0n) is 41.6. The molecule has 4 nitrogen and oxygen atoms in total. The third-order valence-electron chi connectivity index (χ3n) is 15.3. The van der Waals surface area contributed by atoms with E-state index in [1.54, 1.807) is 0 Å². The Balaban J connectivity index is 0.959. The van der Waals surface area contributed by atoms with E-state index in [9.17, 15) is 0 Å². The van der Waals surface area contributed by atoms with Crippen molar-refractivity contribution in [2.24, 2.45) is 0 Å². The summed E-state index contributed by atoms with van der Waals surface area (Å²) in [6.45, 7) is 0. The number of rotatable bonds is 8. The van der Waals surface area contributed by atoms with E-state index in [2.05, 4.69) is 214 Å². The van der Waals surface area contributed by atoms with Gasteiger partial charge in [-0.15, -0.1) is 11.3 Å². The van der Waals surface area contributed by atoms with Crippen molar-refractivity contribution >= 4 is 74.6 Å². The molecule has 358 valence electrons.